The summed E-state index contributed by atoms with van der Waals surface area (Å²) in [6.07, 6.45) is 0. The van der Waals surface area contributed by atoms with Gasteiger partial charge in [-0.3, -0.25) is 4.57 Å². The van der Waals surface area contributed by atoms with E-state index >= 15 is 0 Å². The normalized spacial score (nSPS) is 11.0. The van der Waals surface area contributed by atoms with Crippen molar-refractivity contribution in [2.45, 2.75) is 24.4 Å². The standard InChI is InChI=1S/C26H22FN5O2S/c1-2-33-22-11-7-6-10-21(22)24-28-23(34-31-24)17-35-26-30-29-25(19-12-14-20(27)15-13-19)32(26)16-18-8-4-3-5-9-18/h3-15H,2,16-17H2,1H3. The number of hydrogen-bond donors (Lipinski definition) is 0. The molecule has 0 aliphatic heterocycles. The summed E-state index contributed by atoms with van der Waals surface area (Å²) in [5.74, 6) is 2.43. The maximum atomic E-state index is 13.5. The van der Waals surface area contributed by atoms with E-state index in [2.05, 4.69) is 20.3 Å². The van der Waals surface area contributed by atoms with E-state index in [-0.39, 0.29) is 5.82 Å². The van der Waals surface area contributed by atoms with Gasteiger partial charge in [0.05, 0.1) is 24.5 Å². The average molecular weight is 488 g/mol. The zero-order valence-electron chi connectivity index (χ0n) is 19.0. The Morgan fingerprint density at radius 1 is 0.943 bits per heavy atom. The third-order valence-electron chi connectivity index (χ3n) is 5.22. The molecule has 0 unspecified atom stereocenters. The van der Waals surface area contributed by atoms with Crippen molar-refractivity contribution in [3.63, 3.8) is 0 Å². The number of ether oxygens (including phenoxy) is 1. The van der Waals surface area contributed by atoms with Gasteiger partial charge in [-0.15, -0.1) is 10.2 Å². The van der Waals surface area contributed by atoms with E-state index in [1.807, 2.05) is 66.1 Å². The van der Waals surface area contributed by atoms with Crippen LogP contribution < -0.4 is 4.74 Å². The Bertz CT molecular complexity index is 1400. The minimum atomic E-state index is -0.296. The summed E-state index contributed by atoms with van der Waals surface area (Å²) in [7, 11) is 0. The van der Waals surface area contributed by atoms with Crippen LogP contribution in [0.2, 0.25) is 0 Å². The first kappa shape index (κ1) is 22.8. The summed E-state index contributed by atoms with van der Waals surface area (Å²) in [5.41, 5.74) is 2.67. The maximum absolute atomic E-state index is 13.5. The number of rotatable bonds is 9. The molecule has 0 saturated heterocycles. The predicted octanol–water partition coefficient (Wildman–Crippen LogP) is 5.87. The van der Waals surface area contributed by atoms with Gasteiger partial charge in [0.15, 0.2) is 11.0 Å². The fraction of sp³-hybridized carbons (Fsp3) is 0.154. The second-order valence-electron chi connectivity index (χ2n) is 7.61. The van der Waals surface area contributed by atoms with Gasteiger partial charge in [-0.2, -0.15) is 4.98 Å². The number of thioether (sulfide) groups is 1. The lowest BCUT2D eigenvalue weighted by Crippen LogP contribution is -2.04. The van der Waals surface area contributed by atoms with Crippen LogP contribution in [0.25, 0.3) is 22.8 Å². The lowest BCUT2D eigenvalue weighted by molar-refractivity contribution is 0.341. The summed E-state index contributed by atoms with van der Waals surface area (Å²) >= 11 is 1.45. The smallest absolute Gasteiger partial charge is 0.237 e. The van der Waals surface area contributed by atoms with Crippen LogP contribution in [-0.4, -0.2) is 31.5 Å². The van der Waals surface area contributed by atoms with Crippen molar-refractivity contribution in [1.82, 2.24) is 24.9 Å². The molecule has 0 spiro atoms. The molecule has 0 amide bonds. The predicted molar refractivity (Wildman–Crippen MR) is 131 cm³/mol. The molecule has 0 saturated carbocycles. The molecule has 0 bridgehead atoms. The molecule has 3 aromatic carbocycles. The zero-order valence-corrected chi connectivity index (χ0v) is 19.8. The minimum absolute atomic E-state index is 0.296. The molecule has 0 atom stereocenters. The highest BCUT2D eigenvalue weighted by Gasteiger charge is 2.18. The van der Waals surface area contributed by atoms with Gasteiger partial charge in [-0.25, -0.2) is 4.39 Å². The van der Waals surface area contributed by atoms with E-state index in [9.17, 15) is 4.39 Å². The quantitative estimate of drug-likeness (QED) is 0.241. The highest BCUT2D eigenvalue weighted by atomic mass is 32.2. The molecule has 0 fully saturated rings. The van der Waals surface area contributed by atoms with Gasteiger partial charge >= 0.3 is 0 Å². The molecule has 0 radical (unpaired) electrons. The molecular formula is C26H22FN5O2S. The SMILES string of the molecule is CCOc1ccccc1-c1noc(CSc2nnc(-c3ccc(F)cc3)n2Cc2ccccc2)n1. The molecule has 35 heavy (non-hydrogen) atoms. The van der Waals surface area contributed by atoms with Crippen LogP contribution >= 0.6 is 11.8 Å². The van der Waals surface area contributed by atoms with E-state index in [1.54, 1.807) is 12.1 Å². The first-order valence-corrected chi connectivity index (χ1v) is 12.1. The van der Waals surface area contributed by atoms with Crippen LogP contribution in [-0.2, 0) is 12.3 Å². The largest absolute Gasteiger partial charge is 0.493 e. The van der Waals surface area contributed by atoms with E-state index < -0.39 is 0 Å². The summed E-state index contributed by atoms with van der Waals surface area (Å²) in [5, 5.41) is 13.6. The van der Waals surface area contributed by atoms with Crippen molar-refractivity contribution in [3.05, 3.63) is 96.1 Å². The second-order valence-corrected chi connectivity index (χ2v) is 8.56. The Kier molecular flexibility index (Phi) is 6.85. The Morgan fingerprint density at radius 2 is 1.71 bits per heavy atom. The molecule has 5 rings (SSSR count). The van der Waals surface area contributed by atoms with Crippen LogP contribution in [0, 0.1) is 5.82 Å². The molecule has 0 aliphatic rings. The average Bonchev–Trinajstić information content (AvgIpc) is 3.52. The highest BCUT2D eigenvalue weighted by molar-refractivity contribution is 7.98. The van der Waals surface area contributed by atoms with Gasteiger partial charge in [0.25, 0.3) is 0 Å². The van der Waals surface area contributed by atoms with Crippen LogP contribution in [0.15, 0.2) is 88.5 Å². The third kappa shape index (κ3) is 5.25. The van der Waals surface area contributed by atoms with E-state index in [0.717, 1.165) is 16.7 Å². The molecule has 7 nitrogen and oxygen atoms in total. The highest BCUT2D eigenvalue weighted by Crippen LogP contribution is 2.30. The fourth-order valence-electron chi connectivity index (χ4n) is 3.60. The van der Waals surface area contributed by atoms with Gasteiger partial charge in [0.2, 0.25) is 11.7 Å². The van der Waals surface area contributed by atoms with Crippen molar-refractivity contribution in [2.75, 3.05) is 6.61 Å². The number of aromatic nitrogens is 5. The Balaban J connectivity index is 1.39. The van der Waals surface area contributed by atoms with Crippen molar-refractivity contribution >= 4 is 11.8 Å². The molecule has 9 heteroatoms. The molecule has 0 N–H and O–H groups in total. The number of hydrogen-bond acceptors (Lipinski definition) is 7. The number of benzene rings is 3. The number of nitrogens with zero attached hydrogens (tertiary/aromatic N) is 5. The molecule has 2 aromatic heterocycles. The van der Waals surface area contributed by atoms with Gasteiger partial charge in [0, 0.05) is 5.56 Å². The monoisotopic (exact) mass is 487 g/mol. The molecule has 176 valence electrons. The number of halogens is 1. The van der Waals surface area contributed by atoms with Crippen LogP contribution in [0.4, 0.5) is 4.39 Å². The van der Waals surface area contributed by atoms with E-state index in [4.69, 9.17) is 9.26 Å². The van der Waals surface area contributed by atoms with E-state index in [0.29, 0.717) is 47.3 Å². The summed E-state index contributed by atoms with van der Waals surface area (Å²) in [6.45, 7) is 3.05. The van der Waals surface area contributed by atoms with Crippen LogP contribution in [0.5, 0.6) is 5.75 Å². The fourth-order valence-corrected chi connectivity index (χ4v) is 4.37. The van der Waals surface area contributed by atoms with Crippen molar-refractivity contribution in [2.24, 2.45) is 0 Å². The van der Waals surface area contributed by atoms with Gasteiger partial charge < -0.3 is 9.26 Å². The van der Waals surface area contributed by atoms with Gasteiger partial charge in [-0.05, 0) is 48.9 Å². The molecule has 2 heterocycles. The maximum Gasteiger partial charge on any atom is 0.237 e. The van der Waals surface area contributed by atoms with Crippen molar-refractivity contribution in [3.8, 4) is 28.5 Å². The first-order valence-electron chi connectivity index (χ1n) is 11.1. The Morgan fingerprint density at radius 3 is 2.51 bits per heavy atom. The van der Waals surface area contributed by atoms with Crippen LogP contribution in [0.1, 0.15) is 18.4 Å². The third-order valence-corrected chi connectivity index (χ3v) is 6.17. The van der Waals surface area contributed by atoms with Gasteiger partial charge in [0.1, 0.15) is 11.6 Å². The lowest BCUT2D eigenvalue weighted by atomic mass is 10.2. The summed E-state index contributed by atoms with van der Waals surface area (Å²) in [4.78, 5) is 4.55. The van der Waals surface area contributed by atoms with Gasteiger partial charge in [-0.1, -0.05) is 59.4 Å². The van der Waals surface area contributed by atoms with Crippen LogP contribution in [0.3, 0.4) is 0 Å². The second kappa shape index (κ2) is 10.5. The molecule has 0 aliphatic carbocycles. The van der Waals surface area contributed by atoms with Crippen molar-refractivity contribution in [1.29, 1.82) is 0 Å². The number of para-hydroxylation sites is 1. The molecule has 5 aromatic rings. The summed E-state index contributed by atoms with van der Waals surface area (Å²) < 4.78 is 26.7. The topological polar surface area (TPSA) is 78.9 Å². The minimum Gasteiger partial charge on any atom is -0.493 e. The molecular weight excluding hydrogens is 465 g/mol. The Hall–Kier alpha value is -3.98. The van der Waals surface area contributed by atoms with E-state index in [1.165, 1.54) is 23.9 Å². The van der Waals surface area contributed by atoms with Crippen molar-refractivity contribution < 1.29 is 13.7 Å². The Labute approximate surface area is 206 Å². The lowest BCUT2D eigenvalue weighted by Gasteiger charge is -2.10. The summed E-state index contributed by atoms with van der Waals surface area (Å²) in [6, 6.07) is 23.9. The zero-order chi connectivity index (χ0) is 24.0. The first-order chi connectivity index (χ1) is 17.2.